The molecule has 6 nitrogen and oxygen atoms in total. The molecular weight excluding hydrogens is 446 g/mol. The number of nitrogens with zero attached hydrogens (tertiary/aromatic N) is 1. The van der Waals surface area contributed by atoms with Crippen molar-refractivity contribution in [2.75, 3.05) is 25.0 Å². The van der Waals surface area contributed by atoms with Crippen molar-refractivity contribution >= 4 is 21.6 Å². The number of hydrogen-bond donors (Lipinski definition) is 2. The van der Waals surface area contributed by atoms with Gasteiger partial charge in [-0.25, -0.2) is 8.42 Å². The highest BCUT2D eigenvalue weighted by Gasteiger charge is 2.32. The van der Waals surface area contributed by atoms with Crippen molar-refractivity contribution in [3.05, 3.63) is 59.7 Å². The number of carbonyl (C=O) groups is 1. The van der Waals surface area contributed by atoms with Crippen LogP contribution < -0.4 is 10.6 Å². The van der Waals surface area contributed by atoms with E-state index in [0.29, 0.717) is 43.3 Å². The van der Waals surface area contributed by atoms with E-state index in [1.54, 1.807) is 10.4 Å². The molecule has 1 fully saturated rings. The number of hydrogen-bond acceptors (Lipinski definition) is 4. The van der Waals surface area contributed by atoms with Crippen molar-refractivity contribution in [3.63, 3.8) is 0 Å². The van der Waals surface area contributed by atoms with E-state index in [-0.39, 0.29) is 17.9 Å². The zero-order valence-corrected chi connectivity index (χ0v) is 21.1. The Morgan fingerprint density at radius 2 is 1.68 bits per heavy atom. The van der Waals surface area contributed by atoms with Gasteiger partial charge in [0.15, 0.2) is 0 Å². The average molecular weight is 484 g/mol. The Bertz CT molecular complexity index is 1080. The minimum atomic E-state index is -3.52. The fraction of sp³-hybridized carbons (Fsp3) is 0.519. The Balaban J connectivity index is 1.31. The molecule has 0 aromatic heterocycles. The van der Waals surface area contributed by atoms with E-state index < -0.39 is 10.0 Å². The first-order valence-electron chi connectivity index (χ1n) is 12.6. The molecule has 184 valence electrons. The number of anilines is 1. The van der Waals surface area contributed by atoms with E-state index in [1.807, 2.05) is 42.5 Å². The van der Waals surface area contributed by atoms with Crippen molar-refractivity contribution in [2.24, 2.45) is 11.8 Å². The van der Waals surface area contributed by atoms with Gasteiger partial charge in [0.25, 0.3) is 0 Å². The lowest BCUT2D eigenvalue weighted by atomic mass is 9.92. The maximum atomic E-state index is 13.2. The minimum Gasteiger partial charge on any atom is -0.380 e. The predicted octanol–water partition coefficient (Wildman–Crippen LogP) is 4.22. The Morgan fingerprint density at radius 1 is 1.00 bits per heavy atom. The van der Waals surface area contributed by atoms with Gasteiger partial charge in [0.1, 0.15) is 0 Å². The third kappa shape index (κ3) is 5.81. The molecule has 2 aromatic rings. The first-order valence-corrected chi connectivity index (χ1v) is 14.0. The van der Waals surface area contributed by atoms with Gasteiger partial charge in [-0.3, -0.25) is 4.79 Å². The number of fused-ring (bicyclic) bond motifs is 1. The molecule has 2 aromatic carbocycles. The SMILES string of the molecule is CC(C)C(CNC(=O)C1CCN(S(=O)(=O)c2ccc3c(c2)CCCC3)CC1)Nc1ccccc1. The summed E-state index contributed by atoms with van der Waals surface area (Å²) < 4.78 is 28.0. The summed E-state index contributed by atoms with van der Waals surface area (Å²) in [5.41, 5.74) is 3.49. The van der Waals surface area contributed by atoms with Crippen molar-refractivity contribution in [1.29, 1.82) is 0 Å². The number of rotatable bonds is 8. The molecular formula is C27H37N3O3S. The van der Waals surface area contributed by atoms with Crippen LogP contribution in [-0.2, 0) is 27.7 Å². The highest BCUT2D eigenvalue weighted by molar-refractivity contribution is 7.89. The summed E-state index contributed by atoms with van der Waals surface area (Å²) >= 11 is 0. The lowest BCUT2D eigenvalue weighted by Crippen LogP contribution is -2.46. The zero-order valence-electron chi connectivity index (χ0n) is 20.3. The summed E-state index contributed by atoms with van der Waals surface area (Å²) in [4.78, 5) is 13.2. The van der Waals surface area contributed by atoms with Gasteiger partial charge in [-0.15, -0.1) is 0 Å². The smallest absolute Gasteiger partial charge is 0.243 e. The Hall–Kier alpha value is -2.38. The Kier molecular flexibility index (Phi) is 7.94. The monoisotopic (exact) mass is 483 g/mol. The summed E-state index contributed by atoms with van der Waals surface area (Å²) in [5, 5.41) is 6.61. The highest BCUT2D eigenvalue weighted by Crippen LogP contribution is 2.28. The standard InChI is InChI=1S/C27H37N3O3S/c1-20(2)26(29-24-10-4-3-5-11-24)19-28-27(31)22-14-16-30(17-15-22)34(32,33)25-13-12-21-8-6-7-9-23(21)18-25/h3-5,10-13,18,20,22,26,29H,6-9,14-17,19H2,1-2H3,(H,28,31). The second-order valence-corrected chi connectivity index (χ2v) is 11.9. The largest absolute Gasteiger partial charge is 0.380 e. The quantitative estimate of drug-likeness (QED) is 0.589. The van der Waals surface area contributed by atoms with Crippen molar-refractivity contribution < 1.29 is 13.2 Å². The number of nitrogens with one attached hydrogen (secondary N) is 2. The number of benzene rings is 2. The molecule has 1 atom stereocenters. The summed E-state index contributed by atoms with van der Waals surface area (Å²) in [5.74, 6) is 0.218. The van der Waals surface area contributed by atoms with Crippen molar-refractivity contribution in [1.82, 2.24) is 9.62 Å². The predicted molar refractivity (Wildman–Crippen MR) is 136 cm³/mol. The molecule has 4 rings (SSSR count). The van der Waals surface area contributed by atoms with Gasteiger partial charge in [0.05, 0.1) is 4.90 Å². The van der Waals surface area contributed by atoms with Crippen LogP contribution >= 0.6 is 0 Å². The number of para-hydroxylation sites is 1. The van der Waals surface area contributed by atoms with E-state index in [2.05, 4.69) is 24.5 Å². The van der Waals surface area contributed by atoms with Crippen LogP contribution in [0, 0.1) is 11.8 Å². The van der Waals surface area contributed by atoms with E-state index >= 15 is 0 Å². The van der Waals surface area contributed by atoms with Crippen LogP contribution in [-0.4, -0.2) is 44.3 Å². The molecule has 0 bridgehead atoms. The Labute approximate surface area is 204 Å². The molecule has 0 spiro atoms. The molecule has 0 saturated carbocycles. The van der Waals surface area contributed by atoms with E-state index in [0.717, 1.165) is 24.9 Å². The molecule has 1 aliphatic heterocycles. The minimum absolute atomic E-state index is 0.0198. The van der Waals surface area contributed by atoms with Crippen LogP contribution in [0.3, 0.4) is 0 Å². The molecule has 1 saturated heterocycles. The zero-order chi connectivity index (χ0) is 24.1. The molecule has 7 heteroatoms. The van der Waals surface area contributed by atoms with Crippen LogP contribution in [0.15, 0.2) is 53.4 Å². The van der Waals surface area contributed by atoms with E-state index in [1.165, 1.54) is 17.5 Å². The molecule has 1 aliphatic carbocycles. The van der Waals surface area contributed by atoms with Gasteiger partial charge < -0.3 is 10.6 Å². The molecule has 1 heterocycles. The van der Waals surface area contributed by atoms with Gasteiger partial charge in [0, 0.05) is 37.3 Å². The second kappa shape index (κ2) is 10.9. The molecule has 1 amide bonds. The van der Waals surface area contributed by atoms with Crippen LogP contribution in [0.2, 0.25) is 0 Å². The molecule has 0 radical (unpaired) electrons. The van der Waals surface area contributed by atoms with Crippen LogP contribution in [0.25, 0.3) is 0 Å². The Morgan fingerprint density at radius 3 is 2.35 bits per heavy atom. The molecule has 34 heavy (non-hydrogen) atoms. The maximum Gasteiger partial charge on any atom is 0.243 e. The average Bonchev–Trinajstić information content (AvgIpc) is 2.86. The van der Waals surface area contributed by atoms with Gasteiger partial charge >= 0.3 is 0 Å². The summed E-state index contributed by atoms with van der Waals surface area (Å²) in [6, 6.07) is 15.7. The molecule has 1 unspecified atom stereocenters. The lowest BCUT2D eigenvalue weighted by Gasteiger charge is -2.31. The first-order chi connectivity index (χ1) is 16.3. The van der Waals surface area contributed by atoms with Crippen LogP contribution in [0.1, 0.15) is 50.7 Å². The fourth-order valence-electron chi connectivity index (χ4n) is 4.93. The van der Waals surface area contributed by atoms with E-state index in [4.69, 9.17) is 0 Å². The summed E-state index contributed by atoms with van der Waals surface area (Å²) in [6.07, 6.45) is 5.39. The molecule has 2 N–H and O–H groups in total. The summed E-state index contributed by atoms with van der Waals surface area (Å²) in [6.45, 7) is 5.58. The first kappa shape index (κ1) is 24.7. The van der Waals surface area contributed by atoms with Crippen LogP contribution in [0.4, 0.5) is 5.69 Å². The topological polar surface area (TPSA) is 78.5 Å². The number of sulfonamides is 1. The van der Waals surface area contributed by atoms with Gasteiger partial charge in [-0.1, -0.05) is 38.1 Å². The fourth-order valence-corrected chi connectivity index (χ4v) is 6.46. The normalized spacial score (nSPS) is 18.3. The lowest BCUT2D eigenvalue weighted by molar-refractivity contribution is -0.126. The van der Waals surface area contributed by atoms with Crippen LogP contribution in [0.5, 0.6) is 0 Å². The highest BCUT2D eigenvalue weighted by atomic mass is 32.2. The second-order valence-electron chi connectivity index (χ2n) is 9.92. The third-order valence-corrected chi connectivity index (χ3v) is 9.10. The summed E-state index contributed by atoms with van der Waals surface area (Å²) in [7, 11) is -3.52. The number of amides is 1. The van der Waals surface area contributed by atoms with Gasteiger partial charge in [0.2, 0.25) is 15.9 Å². The number of piperidine rings is 1. The number of carbonyl (C=O) groups excluding carboxylic acids is 1. The van der Waals surface area contributed by atoms with Gasteiger partial charge in [-0.05, 0) is 79.8 Å². The molecule has 2 aliphatic rings. The van der Waals surface area contributed by atoms with Crippen molar-refractivity contribution in [2.45, 2.75) is 63.3 Å². The third-order valence-electron chi connectivity index (χ3n) is 7.21. The van der Waals surface area contributed by atoms with E-state index in [9.17, 15) is 13.2 Å². The van der Waals surface area contributed by atoms with Crippen molar-refractivity contribution in [3.8, 4) is 0 Å². The number of aryl methyl sites for hydroxylation is 2. The maximum absolute atomic E-state index is 13.2. The van der Waals surface area contributed by atoms with Gasteiger partial charge in [-0.2, -0.15) is 4.31 Å².